The third-order valence-corrected chi connectivity index (χ3v) is 10.4. The summed E-state index contributed by atoms with van der Waals surface area (Å²) in [4.78, 5) is 70.0. The highest BCUT2D eigenvalue weighted by Gasteiger charge is 2.49. The molecule has 0 aliphatic carbocycles. The summed E-state index contributed by atoms with van der Waals surface area (Å²) < 4.78 is 50.6. The van der Waals surface area contributed by atoms with E-state index in [2.05, 4.69) is 10.6 Å². The average Bonchev–Trinajstić information content (AvgIpc) is 3.34. The number of nitrogens with zero attached hydrogens (tertiary/aromatic N) is 2. The molecule has 14 nitrogen and oxygen atoms in total. The highest BCUT2D eigenvalue weighted by Crippen LogP contribution is 2.34. The van der Waals surface area contributed by atoms with Crippen molar-refractivity contribution in [3.63, 3.8) is 0 Å². The number of piperidine rings is 2. The van der Waals surface area contributed by atoms with Gasteiger partial charge in [0.25, 0.3) is 43.7 Å². The number of carbonyl (C=O) groups is 6. The van der Waals surface area contributed by atoms with Crippen molar-refractivity contribution in [2.24, 2.45) is 0 Å². The van der Waals surface area contributed by atoms with Gasteiger partial charge in [-0.3, -0.25) is 39.4 Å². The van der Waals surface area contributed by atoms with Gasteiger partial charge >= 0.3 is 0 Å². The van der Waals surface area contributed by atoms with Crippen molar-refractivity contribution in [1.29, 1.82) is 0 Å². The average molecular weight is 649 g/mol. The van der Waals surface area contributed by atoms with Crippen LogP contribution in [0.2, 0.25) is 0 Å². The minimum Gasteiger partial charge on any atom is -0.295 e. The largest absolute Gasteiger partial charge is 0.295 e. The number of amides is 6. The van der Waals surface area contributed by atoms with Gasteiger partial charge in [0.05, 0.1) is 11.1 Å². The fraction of sp³-hybridized carbons (Fsp3) is 0.357. The first-order valence-corrected chi connectivity index (χ1v) is 16.8. The quantitative estimate of drug-likeness (QED) is 0.448. The zero-order valence-electron chi connectivity index (χ0n) is 24.4. The van der Waals surface area contributed by atoms with Crippen molar-refractivity contribution >= 4 is 55.5 Å². The second-order valence-electron chi connectivity index (χ2n) is 9.14. The van der Waals surface area contributed by atoms with Crippen molar-refractivity contribution < 1.29 is 45.6 Å². The molecular formula is C28H32N4O10S2. The SMILES string of the molecule is CC.CC.O=C1CCC(N2C(=O)c3ccccc3S2(=O)=O)C(=O)N1.O=C1CCC(N2C(=O)c3ccccc3S2(=O)=O)C(=O)N1. The number of hydrogen-bond donors (Lipinski definition) is 2. The lowest BCUT2D eigenvalue weighted by Crippen LogP contribution is -2.54. The minimum atomic E-state index is -4.03. The predicted octanol–water partition coefficient (Wildman–Crippen LogP) is 1.33. The molecule has 2 N–H and O–H groups in total. The van der Waals surface area contributed by atoms with Gasteiger partial charge in [0.15, 0.2) is 0 Å². The first kappa shape index (κ1) is 34.1. The van der Waals surface area contributed by atoms with Crippen LogP contribution in [0, 0.1) is 0 Å². The second-order valence-corrected chi connectivity index (χ2v) is 12.7. The number of hydrogen-bond acceptors (Lipinski definition) is 10. The van der Waals surface area contributed by atoms with Crippen molar-refractivity contribution in [3.8, 4) is 0 Å². The van der Waals surface area contributed by atoms with Crippen LogP contribution < -0.4 is 10.6 Å². The number of rotatable bonds is 2. The molecule has 2 aromatic rings. The van der Waals surface area contributed by atoms with Crippen LogP contribution in [0.15, 0.2) is 58.3 Å². The Kier molecular flexibility index (Phi) is 10.4. The summed E-state index contributed by atoms with van der Waals surface area (Å²) in [5, 5.41) is 4.11. The topological polar surface area (TPSA) is 201 Å². The van der Waals surface area contributed by atoms with Crippen LogP contribution in [-0.2, 0) is 39.2 Å². The lowest BCUT2D eigenvalue weighted by atomic mass is 10.1. The number of sulfonamides is 2. The Bertz CT molecular complexity index is 1610. The summed E-state index contributed by atoms with van der Waals surface area (Å²) in [5.74, 6) is -3.90. The van der Waals surface area contributed by atoms with E-state index in [-0.39, 0.29) is 46.6 Å². The molecule has 6 rings (SSSR count). The fourth-order valence-electron chi connectivity index (χ4n) is 4.83. The Balaban J connectivity index is 0.000000216. The number of imide groups is 2. The Morgan fingerprint density at radius 2 is 0.886 bits per heavy atom. The molecule has 44 heavy (non-hydrogen) atoms. The Morgan fingerprint density at radius 3 is 1.18 bits per heavy atom. The third-order valence-electron chi connectivity index (χ3n) is 6.70. The van der Waals surface area contributed by atoms with Crippen molar-refractivity contribution in [2.45, 2.75) is 75.3 Å². The second kappa shape index (κ2) is 13.5. The molecule has 2 fully saturated rings. The van der Waals surface area contributed by atoms with Crippen LogP contribution in [-0.4, -0.2) is 73.0 Å². The molecule has 4 aliphatic rings. The van der Waals surface area contributed by atoms with Gasteiger partial charge in [-0.05, 0) is 37.1 Å². The number of fused-ring (bicyclic) bond motifs is 2. The summed E-state index contributed by atoms with van der Waals surface area (Å²) in [6, 6.07) is 9.26. The van der Waals surface area contributed by atoms with Crippen LogP contribution >= 0.6 is 0 Å². The van der Waals surface area contributed by atoms with E-state index in [1.165, 1.54) is 36.4 Å². The van der Waals surface area contributed by atoms with E-state index in [0.29, 0.717) is 8.61 Å². The molecule has 0 bridgehead atoms. The molecule has 6 amide bonds. The van der Waals surface area contributed by atoms with Crippen LogP contribution in [0.5, 0.6) is 0 Å². The molecule has 4 heterocycles. The molecular weight excluding hydrogens is 616 g/mol. The van der Waals surface area contributed by atoms with Crippen LogP contribution in [0.1, 0.15) is 74.1 Å². The maximum atomic E-state index is 12.4. The molecule has 2 unspecified atom stereocenters. The van der Waals surface area contributed by atoms with Gasteiger partial charge in [-0.15, -0.1) is 0 Å². The van der Waals surface area contributed by atoms with Gasteiger partial charge in [-0.1, -0.05) is 52.0 Å². The minimum absolute atomic E-state index is 0.00360. The zero-order chi connectivity index (χ0) is 33.0. The molecule has 2 saturated heterocycles. The Labute approximate surface area is 254 Å². The van der Waals surface area contributed by atoms with Gasteiger partial charge in [-0.2, -0.15) is 0 Å². The summed E-state index contributed by atoms with van der Waals surface area (Å²) in [7, 11) is -8.07. The van der Waals surface area contributed by atoms with E-state index in [9.17, 15) is 45.6 Å². The van der Waals surface area contributed by atoms with E-state index >= 15 is 0 Å². The molecule has 2 atom stereocenters. The van der Waals surface area contributed by atoms with Gasteiger partial charge < -0.3 is 0 Å². The lowest BCUT2D eigenvalue weighted by molar-refractivity contribution is -0.137. The number of carbonyl (C=O) groups excluding carboxylic acids is 6. The van der Waals surface area contributed by atoms with Crippen LogP contribution in [0.4, 0.5) is 0 Å². The molecule has 0 spiro atoms. The summed E-state index contributed by atoms with van der Waals surface area (Å²) >= 11 is 0. The fourth-order valence-corrected chi connectivity index (χ4v) is 8.33. The molecule has 0 saturated carbocycles. The van der Waals surface area contributed by atoms with E-state index in [4.69, 9.17) is 0 Å². The summed E-state index contributed by atoms with van der Waals surface area (Å²) in [5.41, 5.74) is 0.106. The monoisotopic (exact) mass is 648 g/mol. The number of benzene rings is 2. The smallest absolute Gasteiger partial charge is 0.269 e. The lowest BCUT2D eigenvalue weighted by Gasteiger charge is -2.28. The molecule has 16 heteroatoms. The summed E-state index contributed by atoms with van der Waals surface area (Å²) in [6.45, 7) is 8.00. The van der Waals surface area contributed by atoms with Gasteiger partial charge in [-0.25, -0.2) is 25.4 Å². The molecule has 4 aliphatic heterocycles. The predicted molar refractivity (Wildman–Crippen MR) is 155 cm³/mol. The first-order chi connectivity index (χ1) is 20.9. The molecule has 0 radical (unpaired) electrons. The number of nitrogens with one attached hydrogen (secondary N) is 2. The van der Waals surface area contributed by atoms with Gasteiger partial charge in [0.1, 0.15) is 21.9 Å². The standard InChI is InChI=1S/2C12H10N2O5S.2C2H6/c2*15-10-6-5-8(11(16)13-10)14-12(17)7-3-1-2-4-9(7)20(14,18)19;2*1-2/h2*1-4,8H,5-6H2,(H,13,15,16);2*1-2H3. The summed E-state index contributed by atoms with van der Waals surface area (Å²) in [6.07, 6.45) is 0.0192. The van der Waals surface area contributed by atoms with E-state index in [0.717, 1.165) is 0 Å². The van der Waals surface area contributed by atoms with Gasteiger partial charge in [0.2, 0.25) is 11.8 Å². The molecule has 0 aromatic heterocycles. The van der Waals surface area contributed by atoms with E-state index in [1.807, 2.05) is 27.7 Å². The van der Waals surface area contributed by atoms with E-state index in [1.54, 1.807) is 12.1 Å². The zero-order valence-corrected chi connectivity index (χ0v) is 26.0. The van der Waals surface area contributed by atoms with E-state index < -0.39 is 67.6 Å². The van der Waals surface area contributed by atoms with Crippen LogP contribution in [0.3, 0.4) is 0 Å². The maximum absolute atomic E-state index is 12.4. The first-order valence-electron chi connectivity index (χ1n) is 13.9. The van der Waals surface area contributed by atoms with Crippen LogP contribution in [0.25, 0.3) is 0 Å². The van der Waals surface area contributed by atoms with Crippen molar-refractivity contribution in [3.05, 3.63) is 59.7 Å². The van der Waals surface area contributed by atoms with Crippen molar-refractivity contribution in [1.82, 2.24) is 19.2 Å². The molecule has 2 aromatic carbocycles. The van der Waals surface area contributed by atoms with Gasteiger partial charge in [0, 0.05) is 12.8 Å². The normalized spacial score (nSPS) is 22.5. The maximum Gasteiger partial charge on any atom is 0.269 e. The van der Waals surface area contributed by atoms with Crippen molar-refractivity contribution in [2.75, 3.05) is 0 Å². The Morgan fingerprint density at radius 1 is 0.568 bits per heavy atom. The third kappa shape index (κ3) is 5.99. The highest BCUT2D eigenvalue weighted by atomic mass is 32.2. The highest BCUT2D eigenvalue weighted by molar-refractivity contribution is 7.90. The molecule has 236 valence electrons. The Hall–Kier alpha value is -4.44.